The van der Waals surface area contributed by atoms with Gasteiger partial charge in [0.25, 0.3) is 5.56 Å². The van der Waals surface area contributed by atoms with Gasteiger partial charge in [0, 0.05) is 31.1 Å². The van der Waals surface area contributed by atoms with Gasteiger partial charge in [-0.05, 0) is 24.3 Å². The Bertz CT molecular complexity index is 1010. The van der Waals surface area contributed by atoms with Gasteiger partial charge in [0.2, 0.25) is 5.91 Å². The molecule has 0 saturated carbocycles. The van der Waals surface area contributed by atoms with Gasteiger partial charge in [0.05, 0.1) is 0 Å². The summed E-state index contributed by atoms with van der Waals surface area (Å²) < 4.78 is 2.00. The molecule has 1 unspecified atom stereocenters. The van der Waals surface area contributed by atoms with Gasteiger partial charge in [-0.15, -0.1) is 11.8 Å². The highest BCUT2D eigenvalue weighted by Gasteiger charge is 2.42. The molecule has 2 aromatic rings. The van der Waals surface area contributed by atoms with Gasteiger partial charge in [-0.3, -0.25) is 28.4 Å². The Morgan fingerprint density at radius 3 is 2.16 bits per heavy atom. The molecule has 130 valence electrons. The molecule has 9 heteroatoms. The number of benzene rings is 1. The van der Waals surface area contributed by atoms with Crippen molar-refractivity contribution in [2.75, 3.05) is 11.9 Å². The standard InChI is InChI=1S/C16H14ClN3O4S/c1-18-13-10(14(22)20(3)16(24)19(13)2)11(21)12(15(18)23)25-9-6-4-8(17)5-7-9/h4-7,12H,1-3H3. The topological polar surface area (TPSA) is 81.4 Å². The number of carbonyl (C=O) groups excluding carboxylic acids is 2. The van der Waals surface area contributed by atoms with E-state index >= 15 is 0 Å². The first-order valence-corrected chi connectivity index (χ1v) is 8.53. The van der Waals surface area contributed by atoms with Gasteiger partial charge in [0.15, 0.2) is 11.0 Å². The maximum atomic E-state index is 12.9. The lowest BCUT2D eigenvalue weighted by atomic mass is 10.0. The van der Waals surface area contributed by atoms with E-state index < -0.39 is 28.2 Å². The first-order chi connectivity index (χ1) is 11.7. The molecule has 1 aliphatic heterocycles. The zero-order chi connectivity index (χ0) is 18.5. The van der Waals surface area contributed by atoms with E-state index in [0.29, 0.717) is 9.92 Å². The molecule has 0 fully saturated rings. The zero-order valence-electron chi connectivity index (χ0n) is 13.6. The third kappa shape index (κ3) is 2.71. The van der Waals surface area contributed by atoms with Crippen LogP contribution in [0.4, 0.5) is 5.82 Å². The van der Waals surface area contributed by atoms with E-state index in [4.69, 9.17) is 11.6 Å². The first kappa shape index (κ1) is 17.5. The Morgan fingerprint density at radius 2 is 1.56 bits per heavy atom. The normalized spacial score (nSPS) is 17.0. The number of aromatic nitrogens is 2. The van der Waals surface area contributed by atoms with Crippen LogP contribution in [0.2, 0.25) is 5.02 Å². The summed E-state index contributed by atoms with van der Waals surface area (Å²) in [7, 11) is 4.17. The maximum Gasteiger partial charge on any atom is 0.332 e. The van der Waals surface area contributed by atoms with Crippen LogP contribution in [0, 0.1) is 0 Å². The molecule has 2 heterocycles. The molecule has 1 atom stereocenters. The fourth-order valence-corrected chi connectivity index (χ4v) is 3.89. The summed E-state index contributed by atoms with van der Waals surface area (Å²) in [6.45, 7) is 0. The van der Waals surface area contributed by atoms with E-state index in [1.165, 1.54) is 26.0 Å². The molecule has 7 nitrogen and oxygen atoms in total. The molecule has 1 aromatic carbocycles. The summed E-state index contributed by atoms with van der Waals surface area (Å²) in [5.41, 5.74) is -1.46. The van der Waals surface area contributed by atoms with Crippen LogP contribution in [0.5, 0.6) is 0 Å². The summed E-state index contributed by atoms with van der Waals surface area (Å²) in [4.78, 5) is 51.9. The number of anilines is 1. The van der Waals surface area contributed by atoms with Gasteiger partial charge in [-0.1, -0.05) is 11.6 Å². The van der Waals surface area contributed by atoms with Gasteiger partial charge >= 0.3 is 5.69 Å². The monoisotopic (exact) mass is 379 g/mol. The molecule has 25 heavy (non-hydrogen) atoms. The number of thioether (sulfide) groups is 1. The van der Waals surface area contributed by atoms with Crippen LogP contribution in [-0.4, -0.2) is 33.1 Å². The van der Waals surface area contributed by atoms with Crippen LogP contribution >= 0.6 is 23.4 Å². The van der Waals surface area contributed by atoms with Crippen molar-refractivity contribution >= 4 is 40.9 Å². The zero-order valence-corrected chi connectivity index (χ0v) is 15.2. The Balaban J connectivity index is 2.14. The van der Waals surface area contributed by atoms with Crippen LogP contribution < -0.4 is 16.1 Å². The van der Waals surface area contributed by atoms with Gasteiger partial charge in [0.1, 0.15) is 11.4 Å². The number of rotatable bonds is 2. The van der Waals surface area contributed by atoms with E-state index in [0.717, 1.165) is 20.9 Å². The third-order valence-corrected chi connectivity index (χ3v) is 5.51. The van der Waals surface area contributed by atoms with E-state index in [2.05, 4.69) is 0 Å². The van der Waals surface area contributed by atoms with E-state index in [1.807, 2.05) is 0 Å². The van der Waals surface area contributed by atoms with E-state index in [-0.39, 0.29) is 11.4 Å². The Hall–Kier alpha value is -2.32. The highest BCUT2D eigenvalue weighted by molar-refractivity contribution is 8.01. The largest absolute Gasteiger partial charge is 0.332 e. The fraction of sp³-hybridized carbons (Fsp3) is 0.250. The molecule has 0 spiro atoms. The van der Waals surface area contributed by atoms with Crippen molar-refractivity contribution in [2.45, 2.75) is 10.1 Å². The van der Waals surface area contributed by atoms with Crippen molar-refractivity contribution < 1.29 is 9.59 Å². The van der Waals surface area contributed by atoms with Crippen molar-refractivity contribution in [3.05, 3.63) is 55.7 Å². The number of carbonyl (C=O) groups is 2. The number of ketones is 1. The minimum absolute atomic E-state index is 0.0241. The lowest BCUT2D eigenvalue weighted by Gasteiger charge is -2.31. The molecule has 0 bridgehead atoms. The number of hydrogen-bond acceptors (Lipinski definition) is 5. The van der Waals surface area contributed by atoms with Crippen LogP contribution in [-0.2, 0) is 18.9 Å². The Kier molecular flexibility index (Phi) is 4.34. The summed E-state index contributed by atoms with van der Waals surface area (Å²) in [6, 6.07) is 6.70. The molecule has 1 aromatic heterocycles. The molecule has 0 aliphatic carbocycles. The number of Topliss-reactive ketones (excluding diaryl/α,β-unsaturated/α-hetero) is 1. The van der Waals surface area contributed by atoms with Crippen LogP contribution in [0.25, 0.3) is 0 Å². The van der Waals surface area contributed by atoms with Crippen molar-refractivity contribution in [3.63, 3.8) is 0 Å². The second-order valence-electron chi connectivity index (χ2n) is 5.62. The molecule has 1 amide bonds. The molecular formula is C16H14ClN3O4S. The molecule has 0 N–H and O–H groups in total. The average Bonchev–Trinajstić information content (AvgIpc) is 2.59. The van der Waals surface area contributed by atoms with Crippen molar-refractivity contribution in [2.24, 2.45) is 14.1 Å². The Morgan fingerprint density at radius 1 is 0.960 bits per heavy atom. The number of nitrogens with zero attached hydrogens (tertiary/aromatic N) is 3. The molecule has 3 rings (SSSR count). The second kappa shape index (κ2) is 6.20. The van der Waals surface area contributed by atoms with Gasteiger partial charge < -0.3 is 0 Å². The van der Waals surface area contributed by atoms with Gasteiger partial charge in [-0.2, -0.15) is 0 Å². The predicted octanol–water partition coefficient (Wildman–Crippen LogP) is 1.06. The lowest BCUT2D eigenvalue weighted by molar-refractivity contribution is -0.117. The summed E-state index contributed by atoms with van der Waals surface area (Å²) >= 11 is 6.89. The maximum absolute atomic E-state index is 12.9. The van der Waals surface area contributed by atoms with Crippen molar-refractivity contribution in [3.8, 4) is 0 Å². The van der Waals surface area contributed by atoms with Crippen LogP contribution in [0.3, 0.4) is 0 Å². The van der Waals surface area contributed by atoms with Crippen LogP contribution in [0.15, 0.2) is 38.8 Å². The van der Waals surface area contributed by atoms with Crippen molar-refractivity contribution in [1.82, 2.24) is 9.13 Å². The quantitative estimate of drug-likeness (QED) is 0.729. The smallest absolute Gasteiger partial charge is 0.299 e. The Labute approximate surface area is 151 Å². The molecule has 0 radical (unpaired) electrons. The predicted molar refractivity (Wildman–Crippen MR) is 95.8 cm³/mol. The first-order valence-electron chi connectivity index (χ1n) is 7.28. The van der Waals surface area contributed by atoms with Gasteiger partial charge in [-0.25, -0.2) is 4.79 Å². The minimum atomic E-state index is -1.09. The van der Waals surface area contributed by atoms with Crippen molar-refractivity contribution in [1.29, 1.82) is 0 Å². The average molecular weight is 380 g/mol. The summed E-state index contributed by atoms with van der Waals surface area (Å²) in [5, 5.41) is -0.555. The molecule has 1 aliphatic rings. The highest BCUT2D eigenvalue weighted by Crippen LogP contribution is 2.33. The second-order valence-corrected chi connectivity index (χ2v) is 7.23. The number of fused-ring (bicyclic) bond motifs is 1. The fourth-order valence-electron chi connectivity index (χ4n) is 2.72. The number of amides is 1. The van der Waals surface area contributed by atoms with E-state index in [9.17, 15) is 19.2 Å². The lowest BCUT2D eigenvalue weighted by Crippen LogP contribution is -2.52. The summed E-state index contributed by atoms with van der Waals surface area (Å²) in [5.74, 6) is -1.06. The third-order valence-electron chi connectivity index (χ3n) is 4.06. The number of halogens is 1. The highest BCUT2D eigenvalue weighted by atomic mass is 35.5. The molecule has 0 saturated heterocycles. The van der Waals surface area contributed by atoms with E-state index in [1.54, 1.807) is 24.3 Å². The van der Waals surface area contributed by atoms with Crippen LogP contribution in [0.1, 0.15) is 10.4 Å². The SMILES string of the molecule is CN1C(=O)C(Sc2ccc(Cl)cc2)C(=O)c2c1n(C)c(=O)n(C)c2=O. The minimum Gasteiger partial charge on any atom is -0.299 e. The molecular weight excluding hydrogens is 366 g/mol. The summed E-state index contributed by atoms with van der Waals surface area (Å²) in [6.07, 6.45) is 0. The number of hydrogen-bond donors (Lipinski definition) is 0.